The lowest BCUT2D eigenvalue weighted by atomic mass is 9.95. The molecule has 9 aromatic heterocycles. The minimum absolute atomic E-state index is 0.709. The Balaban J connectivity index is 0.000000107. The summed E-state index contributed by atoms with van der Waals surface area (Å²) in [6.45, 7) is 0. The fourth-order valence-electron chi connectivity index (χ4n) is 20.0. The quantitative estimate of drug-likeness (QED) is 0.126. The molecule has 28 aromatic rings. The predicted octanol–water partition coefficient (Wildman–Crippen LogP) is 35.0. The standard InChI is InChI=1S/C49H29N3S.C40H24N2S.C36H22N2S/c1-3-15-34-30(11-1)13-9-20-36(34)44-29-43(51-49(52-44)41-21-10-14-31-12-2-4-16-35(31)41)32-23-25-33(26-24-32)47-39-19-6-5-18-38(39)46-42(50-47)28-27-40-37-17-7-8-22-45(37)53-48(40)46;1-2-11-25(12-3-1)26-13-10-14-27(23-26)33-24-36(41-34-19-8-6-15-28(33)34)39-31-18-5-4-17-30(31)38-35(42-39)22-21-32-29-16-7-9-20-37(29)43-40(32)38;1-3-11-23(12-4-1)31-21-25(22-32(37-31)24-13-5-2-6-14-24)35-28-17-8-7-16-27(28)34-30(38-35)20-19-29-26-15-9-10-18-33(26)39-36(29)34/h1-29H;1-24H;1-22H. The molecule has 0 bridgehead atoms. The highest BCUT2D eigenvalue weighted by atomic mass is 32.1. The van der Waals surface area contributed by atoms with E-state index >= 15 is 0 Å². The summed E-state index contributed by atoms with van der Waals surface area (Å²) in [6, 6.07) is 161. The molecule has 0 aliphatic rings. The van der Waals surface area contributed by atoms with E-state index in [2.05, 4.69) is 443 Å². The summed E-state index contributed by atoms with van der Waals surface area (Å²) >= 11 is 5.57. The van der Waals surface area contributed by atoms with Gasteiger partial charge in [0, 0.05) is 137 Å². The van der Waals surface area contributed by atoms with Crippen molar-refractivity contribution in [2.45, 2.75) is 0 Å². The summed E-state index contributed by atoms with van der Waals surface area (Å²) < 4.78 is 7.80. The lowest BCUT2D eigenvalue weighted by Crippen LogP contribution is -1.97. The van der Waals surface area contributed by atoms with Gasteiger partial charge in [0.15, 0.2) is 5.82 Å². The molecule has 135 heavy (non-hydrogen) atoms. The van der Waals surface area contributed by atoms with Crippen LogP contribution in [0.2, 0.25) is 0 Å². The van der Waals surface area contributed by atoms with Gasteiger partial charge in [-0.25, -0.2) is 34.9 Å². The first-order valence-corrected chi connectivity index (χ1v) is 47.9. The first kappa shape index (κ1) is 79.0. The third-order valence-corrected chi connectivity index (χ3v) is 30.0. The number of nitrogens with zero attached hydrogens (tertiary/aromatic N) is 7. The summed E-state index contributed by atoms with van der Waals surface area (Å²) in [4.78, 5) is 36.8. The molecule has 0 N–H and O–H groups in total. The number of hydrogen-bond acceptors (Lipinski definition) is 10. The maximum absolute atomic E-state index is 5.34. The van der Waals surface area contributed by atoms with Crippen molar-refractivity contribution in [1.82, 2.24) is 34.9 Å². The number of benzene rings is 19. The second-order valence-electron chi connectivity index (χ2n) is 34.3. The molecule has 0 radical (unpaired) electrons. The van der Waals surface area contributed by atoms with Gasteiger partial charge in [-0.2, -0.15) is 0 Å². The molecule has 10 heteroatoms. The molecule has 0 unspecified atom stereocenters. The van der Waals surface area contributed by atoms with Crippen molar-refractivity contribution in [2.75, 3.05) is 0 Å². The van der Waals surface area contributed by atoms with Crippen LogP contribution in [0.1, 0.15) is 0 Å². The maximum Gasteiger partial charge on any atom is 0.161 e. The number of aromatic nitrogens is 7. The van der Waals surface area contributed by atoms with E-state index in [1.54, 1.807) is 0 Å². The number of thiophene rings is 3. The Morgan fingerprint density at radius 3 is 1.02 bits per heavy atom. The second kappa shape index (κ2) is 33.1. The van der Waals surface area contributed by atoms with E-state index in [1.165, 1.54) is 126 Å². The summed E-state index contributed by atoms with van der Waals surface area (Å²) in [6.07, 6.45) is 0. The molecule has 0 saturated heterocycles. The van der Waals surface area contributed by atoms with E-state index in [0.717, 1.165) is 139 Å². The van der Waals surface area contributed by atoms with Gasteiger partial charge in [0.25, 0.3) is 0 Å². The van der Waals surface area contributed by atoms with E-state index < -0.39 is 0 Å². The first-order chi connectivity index (χ1) is 66.9. The minimum Gasteiger partial charge on any atom is -0.248 e. The van der Waals surface area contributed by atoms with Crippen molar-refractivity contribution in [3.05, 3.63) is 455 Å². The average molecular weight is 1770 g/mol. The SMILES string of the molecule is c1ccc(-c2cc(-c3nc4ccc5c6ccccc6sc5c4c4ccccc34)cc(-c3ccccc3)n2)cc1.c1ccc(-c2cccc(-c3cc(-c4nc5ccc6c7ccccc7sc6c5c5ccccc45)nc4ccccc34)c2)cc1.c1ccc2c(-c3cc(-c4ccc(-c5nc6ccc7c8ccccc8sc7c6c6ccccc56)cc4)nc(-c4cccc5ccccc45)n3)cccc2c1. The Hall–Kier alpha value is -17.0. The van der Waals surface area contributed by atoms with Crippen LogP contribution in [-0.2, 0) is 0 Å². The molecular weight excluding hydrogens is 1700 g/mol. The van der Waals surface area contributed by atoms with Crippen molar-refractivity contribution in [3.63, 3.8) is 0 Å². The topological polar surface area (TPSA) is 90.2 Å². The van der Waals surface area contributed by atoms with Gasteiger partial charge >= 0.3 is 0 Å². The molecule has 0 aliphatic heterocycles. The molecule has 0 aliphatic carbocycles. The fraction of sp³-hybridized carbons (Fsp3) is 0. The highest BCUT2D eigenvalue weighted by Crippen LogP contribution is 2.49. The zero-order valence-corrected chi connectivity index (χ0v) is 75.1. The molecule has 0 spiro atoms. The minimum atomic E-state index is 0.709. The zero-order valence-electron chi connectivity index (χ0n) is 72.7. The smallest absolute Gasteiger partial charge is 0.161 e. The molecule has 628 valence electrons. The van der Waals surface area contributed by atoms with Gasteiger partial charge in [-0.3, -0.25) is 0 Å². The van der Waals surface area contributed by atoms with Crippen LogP contribution in [0.3, 0.4) is 0 Å². The van der Waals surface area contributed by atoms with Crippen LogP contribution < -0.4 is 0 Å². The van der Waals surface area contributed by atoms with Gasteiger partial charge in [-0.1, -0.05) is 382 Å². The molecule has 28 rings (SSSR count). The van der Waals surface area contributed by atoms with Crippen molar-refractivity contribution < 1.29 is 0 Å². The summed E-state index contributed by atoms with van der Waals surface area (Å²) in [5.74, 6) is 0.709. The van der Waals surface area contributed by atoms with Crippen LogP contribution in [0.4, 0.5) is 0 Å². The predicted molar refractivity (Wildman–Crippen MR) is 574 cm³/mol. The maximum atomic E-state index is 5.34. The van der Waals surface area contributed by atoms with Crippen LogP contribution in [0, 0.1) is 0 Å². The van der Waals surface area contributed by atoms with Crippen LogP contribution in [-0.4, -0.2) is 34.9 Å². The van der Waals surface area contributed by atoms with Crippen LogP contribution >= 0.6 is 34.0 Å². The Morgan fingerprint density at radius 1 is 0.148 bits per heavy atom. The number of para-hydroxylation sites is 1. The highest BCUT2D eigenvalue weighted by Gasteiger charge is 2.24. The number of fused-ring (bicyclic) bond motifs is 24. The van der Waals surface area contributed by atoms with Gasteiger partial charge in [0.2, 0.25) is 0 Å². The largest absolute Gasteiger partial charge is 0.248 e. The third kappa shape index (κ3) is 14.0. The lowest BCUT2D eigenvalue weighted by Gasteiger charge is -2.14. The second-order valence-corrected chi connectivity index (χ2v) is 37.4. The Morgan fingerprint density at radius 2 is 0.504 bits per heavy atom. The highest BCUT2D eigenvalue weighted by molar-refractivity contribution is 7.27. The third-order valence-electron chi connectivity index (χ3n) is 26.4. The lowest BCUT2D eigenvalue weighted by molar-refractivity contribution is 1.19. The monoisotopic (exact) mass is 1770 g/mol. The summed E-state index contributed by atoms with van der Waals surface area (Å²) in [5, 5.41) is 24.3. The molecule has 9 heterocycles. The van der Waals surface area contributed by atoms with Gasteiger partial charge in [-0.15, -0.1) is 34.0 Å². The molecular formula is C125H75N7S3. The van der Waals surface area contributed by atoms with Crippen molar-refractivity contribution in [1.29, 1.82) is 0 Å². The van der Waals surface area contributed by atoms with E-state index in [4.69, 9.17) is 34.9 Å². The molecule has 0 atom stereocenters. The molecule has 0 fully saturated rings. The number of hydrogen-bond donors (Lipinski definition) is 0. The van der Waals surface area contributed by atoms with Crippen molar-refractivity contribution in [2.24, 2.45) is 0 Å². The van der Waals surface area contributed by atoms with Crippen LogP contribution in [0.15, 0.2) is 455 Å². The van der Waals surface area contributed by atoms with Gasteiger partial charge in [-0.05, 0) is 133 Å². The van der Waals surface area contributed by atoms with E-state index in [0.29, 0.717) is 5.82 Å². The average Bonchev–Trinajstić information content (AvgIpc) is 1.67. The Kier molecular flexibility index (Phi) is 19.4. The Bertz CT molecular complexity index is 9480. The van der Waals surface area contributed by atoms with Gasteiger partial charge in [0.1, 0.15) is 0 Å². The molecule has 19 aromatic carbocycles. The number of pyridine rings is 5. The fourth-order valence-corrected chi connectivity index (χ4v) is 23.8. The van der Waals surface area contributed by atoms with E-state index in [1.807, 2.05) is 46.1 Å². The first-order valence-electron chi connectivity index (χ1n) is 45.5. The summed E-state index contributed by atoms with van der Waals surface area (Å²) in [7, 11) is 0. The molecule has 7 nitrogen and oxygen atoms in total. The summed E-state index contributed by atoms with van der Waals surface area (Å²) in [5.41, 5.74) is 23.6. The van der Waals surface area contributed by atoms with Crippen molar-refractivity contribution >= 4 is 192 Å². The van der Waals surface area contributed by atoms with Crippen molar-refractivity contribution in [3.8, 4) is 113 Å². The van der Waals surface area contributed by atoms with Crippen LogP contribution in [0.25, 0.3) is 271 Å². The zero-order chi connectivity index (χ0) is 89.0. The Labute approximate surface area is 788 Å². The van der Waals surface area contributed by atoms with E-state index in [9.17, 15) is 0 Å². The van der Waals surface area contributed by atoms with E-state index in [-0.39, 0.29) is 0 Å². The molecule has 0 amide bonds. The van der Waals surface area contributed by atoms with Gasteiger partial charge in [0.05, 0.1) is 67.6 Å². The van der Waals surface area contributed by atoms with Crippen LogP contribution in [0.5, 0.6) is 0 Å². The van der Waals surface area contributed by atoms with Gasteiger partial charge < -0.3 is 0 Å². The molecule has 0 saturated carbocycles. The normalized spacial score (nSPS) is 11.7. The number of rotatable bonds is 10.